The molecule has 2 fully saturated rings. The zero-order valence-electron chi connectivity index (χ0n) is 14.4. The van der Waals surface area contributed by atoms with Crippen LogP contribution in [0.5, 0.6) is 0 Å². The molecule has 0 radical (unpaired) electrons. The molecule has 2 unspecified atom stereocenters. The van der Waals surface area contributed by atoms with Crippen molar-refractivity contribution in [1.29, 1.82) is 0 Å². The van der Waals surface area contributed by atoms with Gasteiger partial charge in [-0.25, -0.2) is 0 Å². The van der Waals surface area contributed by atoms with Gasteiger partial charge >= 0.3 is 0 Å². The van der Waals surface area contributed by atoms with Gasteiger partial charge < -0.3 is 15.4 Å². The summed E-state index contributed by atoms with van der Waals surface area (Å²) in [6.45, 7) is 4.83. The molecule has 2 heterocycles. The number of rotatable bonds is 6. The van der Waals surface area contributed by atoms with Crippen LogP contribution in [-0.4, -0.2) is 67.7 Å². The quantitative estimate of drug-likeness (QED) is 0.786. The van der Waals surface area contributed by atoms with Gasteiger partial charge in [0.15, 0.2) is 0 Å². The number of nitrogens with one attached hydrogen (secondary N) is 2. The molecule has 1 amide bonds. The van der Waals surface area contributed by atoms with Gasteiger partial charge in [-0.2, -0.15) is 11.8 Å². The molecule has 2 saturated heterocycles. The van der Waals surface area contributed by atoms with E-state index >= 15 is 0 Å². The lowest BCUT2D eigenvalue weighted by Crippen LogP contribution is -2.45. The summed E-state index contributed by atoms with van der Waals surface area (Å²) in [5.41, 5.74) is 1.18. The van der Waals surface area contributed by atoms with Crippen molar-refractivity contribution in [3.05, 3.63) is 34.9 Å². The highest BCUT2D eigenvalue weighted by molar-refractivity contribution is 7.99. The summed E-state index contributed by atoms with van der Waals surface area (Å²) in [4.78, 5) is 14.7. The molecule has 25 heavy (non-hydrogen) atoms. The Balaban J connectivity index is 1.58. The number of amides is 1. The van der Waals surface area contributed by atoms with Gasteiger partial charge in [-0.3, -0.25) is 9.69 Å². The molecule has 138 valence electrons. The van der Waals surface area contributed by atoms with Crippen molar-refractivity contribution in [2.45, 2.75) is 18.5 Å². The van der Waals surface area contributed by atoms with Crippen LogP contribution in [0.1, 0.15) is 18.0 Å². The predicted octanol–water partition coefficient (Wildman–Crippen LogP) is 1.92. The molecule has 0 aliphatic carbocycles. The first-order valence-corrected chi connectivity index (χ1v) is 10.4. The van der Waals surface area contributed by atoms with Gasteiger partial charge in [0.05, 0.1) is 19.3 Å². The zero-order chi connectivity index (χ0) is 17.5. The first kappa shape index (κ1) is 19.0. The summed E-state index contributed by atoms with van der Waals surface area (Å²) in [7, 11) is 0. The van der Waals surface area contributed by atoms with Crippen molar-refractivity contribution in [3.8, 4) is 0 Å². The molecular weight excluding hydrogens is 358 g/mol. The van der Waals surface area contributed by atoms with Crippen molar-refractivity contribution in [1.82, 2.24) is 15.5 Å². The van der Waals surface area contributed by atoms with Gasteiger partial charge in [0.25, 0.3) is 0 Å². The fourth-order valence-electron chi connectivity index (χ4n) is 3.29. The van der Waals surface area contributed by atoms with Gasteiger partial charge in [-0.1, -0.05) is 23.7 Å². The maximum absolute atomic E-state index is 12.4. The molecule has 0 bridgehead atoms. The van der Waals surface area contributed by atoms with Crippen LogP contribution in [0.15, 0.2) is 24.3 Å². The van der Waals surface area contributed by atoms with E-state index in [-0.39, 0.29) is 18.0 Å². The molecule has 5 nitrogen and oxygen atoms in total. The minimum absolute atomic E-state index is 0.118. The van der Waals surface area contributed by atoms with Crippen molar-refractivity contribution in [3.63, 3.8) is 0 Å². The van der Waals surface area contributed by atoms with Crippen molar-refractivity contribution in [2.75, 3.05) is 50.9 Å². The number of morpholine rings is 1. The molecule has 1 aromatic carbocycles. The van der Waals surface area contributed by atoms with E-state index in [9.17, 15) is 4.79 Å². The fraction of sp³-hybridized carbons (Fsp3) is 0.611. The highest BCUT2D eigenvalue weighted by Gasteiger charge is 2.24. The summed E-state index contributed by atoms with van der Waals surface area (Å²) in [6.07, 6.45) is 0.545. The Hall–Kier alpha value is -0.790. The van der Waals surface area contributed by atoms with E-state index in [0.717, 1.165) is 49.4 Å². The third-order valence-electron chi connectivity index (χ3n) is 4.66. The number of halogens is 1. The van der Waals surface area contributed by atoms with E-state index in [2.05, 4.69) is 15.5 Å². The van der Waals surface area contributed by atoms with Crippen LogP contribution in [-0.2, 0) is 9.53 Å². The van der Waals surface area contributed by atoms with Crippen molar-refractivity contribution >= 4 is 29.3 Å². The Morgan fingerprint density at radius 1 is 1.36 bits per heavy atom. The number of benzene rings is 1. The normalized spacial score (nSPS) is 23.2. The Morgan fingerprint density at radius 3 is 2.80 bits per heavy atom. The summed E-state index contributed by atoms with van der Waals surface area (Å²) < 4.78 is 5.47. The number of thioether (sulfide) groups is 1. The predicted molar refractivity (Wildman–Crippen MR) is 103 cm³/mol. The molecule has 0 aromatic heterocycles. The van der Waals surface area contributed by atoms with Crippen molar-refractivity contribution < 1.29 is 9.53 Å². The Labute approximate surface area is 158 Å². The zero-order valence-corrected chi connectivity index (χ0v) is 16.0. The summed E-state index contributed by atoms with van der Waals surface area (Å²) >= 11 is 7.94. The molecule has 1 aromatic rings. The Bertz CT molecular complexity index is 546. The van der Waals surface area contributed by atoms with E-state index in [1.54, 1.807) is 0 Å². The minimum atomic E-state index is 0.118. The van der Waals surface area contributed by atoms with Crippen LogP contribution in [0.2, 0.25) is 5.02 Å². The lowest BCUT2D eigenvalue weighted by molar-refractivity contribution is -0.121. The van der Waals surface area contributed by atoms with E-state index in [1.807, 2.05) is 36.0 Å². The average Bonchev–Trinajstić information content (AvgIpc) is 2.65. The van der Waals surface area contributed by atoms with Gasteiger partial charge in [0, 0.05) is 55.2 Å². The topological polar surface area (TPSA) is 53.6 Å². The molecule has 2 N–H and O–H groups in total. The SMILES string of the molecule is O=C(CC1CSCCN1)NCC(c1ccc(Cl)cc1)N1CCOCC1. The standard InChI is InChI=1S/C18H26ClN3O2S/c19-15-3-1-14(2-4-15)17(22-6-8-24-9-7-22)12-21-18(23)11-16-13-25-10-5-20-16/h1-4,16-17,20H,5-13H2,(H,21,23). The van der Waals surface area contributed by atoms with E-state index < -0.39 is 0 Å². The third-order valence-corrected chi connectivity index (χ3v) is 6.05. The van der Waals surface area contributed by atoms with Gasteiger partial charge in [0.2, 0.25) is 5.91 Å². The minimum Gasteiger partial charge on any atom is -0.379 e. The second kappa shape index (κ2) is 9.78. The molecule has 0 saturated carbocycles. The van der Waals surface area contributed by atoms with E-state index in [1.165, 1.54) is 5.56 Å². The average molecular weight is 384 g/mol. The molecule has 0 spiro atoms. The first-order valence-electron chi connectivity index (χ1n) is 8.87. The molecular formula is C18H26ClN3O2S. The van der Waals surface area contributed by atoms with Crippen LogP contribution in [0.4, 0.5) is 0 Å². The van der Waals surface area contributed by atoms with Crippen molar-refractivity contribution in [2.24, 2.45) is 0 Å². The molecule has 7 heteroatoms. The van der Waals surface area contributed by atoms with Crippen LogP contribution < -0.4 is 10.6 Å². The Morgan fingerprint density at radius 2 is 2.12 bits per heavy atom. The van der Waals surface area contributed by atoms with E-state index in [0.29, 0.717) is 13.0 Å². The van der Waals surface area contributed by atoms with Crippen LogP contribution >= 0.6 is 23.4 Å². The maximum atomic E-state index is 12.4. The van der Waals surface area contributed by atoms with Crippen LogP contribution in [0, 0.1) is 0 Å². The van der Waals surface area contributed by atoms with Gasteiger partial charge in [0.1, 0.15) is 0 Å². The van der Waals surface area contributed by atoms with Gasteiger partial charge in [-0.05, 0) is 17.7 Å². The molecule has 2 aliphatic rings. The van der Waals surface area contributed by atoms with Crippen LogP contribution in [0.25, 0.3) is 0 Å². The third kappa shape index (κ3) is 5.86. The largest absolute Gasteiger partial charge is 0.379 e. The maximum Gasteiger partial charge on any atom is 0.221 e. The van der Waals surface area contributed by atoms with E-state index in [4.69, 9.17) is 16.3 Å². The number of carbonyl (C=O) groups is 1. The number of ether oxygens (including phenoxy) is 1. The summed E-state index contributed by atoms with van der Waals surface area (Å²) in [5.74, 6) is 2.26. The Kier molecular flexibility index (Phi) is 7.43. The van der Waals surface area contributed by atoms with Gasteiger partial charge in [-0.15, -0.1) is 0 Å². The molecule has 2 atom stereocenters. The number of nitrogens with zero attached hydrogens (tertiary/aromatic N) is 1. The highest BCUT2D eigenvalue weighted by atomic mass is 35.5. The second-order valence-electron chi connectivity index (χ2n) is 6.45. The summed E-state index contributed by atoms with van der Waals surface area (Å²) in [5, 5.41) is 7.28. The number of hydrogen-bond donors (Lipinski definition) is 2. The van der Waals surface area contributed by atoms with Crippen LogP contribution in [0.3, 0.4) is 0 Å². The lowest BCUT2D eigenvalue weighted by Gasteiger charge is -2.35. The first-order chi connectivity index (χ1) is 12.2. The molecule has 3 rings (SSSR count). The monoisotopic (exact) mass is 383 g/mol. The fourth-order valence-corrected chi connectivity index (χ4v) is 4.36. The second-order valence-corrected chi connectivity index (χ2v) is 8.04. The number of hydrogen-bond acceptors (Lipinski definition) is 5. The molecule has 2 aliphatic heterocycles. The number of carbonyl (C=O) groups excluding carboxylic acids is 1. The lowest BCUT2D eigenvalue weighted by atomic mass is 10.0. The highest BCUT2D eigenvalue weighted by Crippen LogP contribution is 2.23. The summed E-state index contributed by atoms with van der Waals surface area (Å²) in [6, 6.07) is 8.36. The smallest absolute Gasteiger partial charge is 0.221 e.